The number of hydrogen-bond acceptors (Lipinski definition) is 4. The Hall–Kier alpha value is -1.62. The first-order chi connectivity index (χ1) is 9.61. The fourth-order valence-electron chi connectivity index (χ4n) is 2.45. The molecule has 0 aliphatic carbocycles. The van der Waals surface area contributed by atoms with Crippen molar-refractivity contribution in [2.75, 3.05) is 18.1 Å². The lowest BCUT2D eigenvalue weighted by atomic mass is 10.0. The molecule has 1 unspecified atom stereocenters. The SMILES string of the molecule is CCOc1ccc(N2CCCC(NC(C)C)C2=O)cn1. The summed E-state index contributed by atoms with van der Waals surface area (Å²) in [6.07, 6.45) is 3.61. The zero-order chi connectivity index (χ0) is 14.5. The average Bonchev–Trinajstić information content (AvgIpc) is 2.42. The van der Waals surface area contributed by atoms with E-state index in [1.54, 1.807) is 6.20 Å². The van der Waals surface area contributed by atoms with Crippen LogP contribution in [0.2, 0.25) is 0 Å². The van der Waals surface area contributed by atoms with Gasteiger partial charge in [-0.25, -0.2) is 4.98 Å². The van der Waals surface area contributed by atoms with Gasteiger partial charge in [0.25, 0.3) is 0 Å². The van der Waals surface area contributed by atoms with Gasteiger partial charge in [0, 0.05) is 18.7 Å². The number of hydrogen-bond donors (Lipinski definition) is 1. The molecule has 2 rings (SSSR count). The second kappa shape index (κ2) is 6.70. The number of nitrogens with one attached hydrogen (secondary N) is 1. The highest BCUT2D eigenvalue weighted by atomic mass is 16.5. The molecule has 1 aromatic heterocycles. The van der Waals surface area contributed by atoms with Gasteiger partial charge in [-0.3, -0.25) is 4.79 Å². The van der Waals surface area contributed by atoms with Gasteiger partial charge in [-0.15, -0.1) is 0 Å². The highest BCUT2D eigenvalue weighted by Crippen LogP contribution is 2.22. The van der Waals surface area contributed by atoms with Crippen LogP contribution in [0.1, 0.15) is 33.6 Å². The molecule has 5 heteroatoms. The summed E-state index contributed by atoms with van der Waals surface area (Å²) in [5.74, 6) is 0.730. The van der Waals surface area contributed by atoms with Crippen LogP contribution < -0.4 is 15.0 Å². The molecule has 0 saturated carbocycles. The van der Waals surface area contributed by atoms with Gasteiger partial charge < -0.3 is 15.0 Å². The van der Waals surface area contributed by atoms with Gasteiger partial charge in [0.15, 0.2) is 0 Å². The number of anilines is 1. The van der Waals surface area contributed by atoms with E-state index >= 15 is 0 Å². The van der Waals surface area contributed by atoms with Crippen molar-refractivity contribution in [3.63, 3.8) is 0 Å². The van der Waals surface area contributed by atoms with Crippen LogP contribution in [0.25, 0.3) is 0 Å². The van der Waals surface area contributed by atoms with Crippen molar-refractivity contribution in [2.45, 2.75) is 45.7 Å². The summed E-state index contributed by atoms with van der Waals surface area (Å²) in [6, 6.07) is 3.93. The number of rotatable bonds is 5. The van der Waals surface area contributed by atoms with Gasteiger partial charge in [0.1, 0.15) is 0 Å². The maximum absolute atomic E-state index is 12.5. The summed E-state index contributed by atoms with van der Waals surface area (Å²) in [4.78, 5) is 18.5. The van der Waals surface area contributed by atoms with Crippen LogP contribution in [0.3, 0.4) is 0 Å². The van der Waals surface area contributed by atoms with E-state index in [0.717, 1.165) is 25.1 Å². The predicted octanol–water partition coefficient (Wildman–Crippen LogP) is 1.97. The molecule has 1 aliphatic rings. The van der Waals surface area contributed by atoms with Crippen molar-refractivity contribution >= 4 is 11.6 Å². The van der Waals surface area contributed by atoms with E-state index in [-0.39, 0.29) is 11.9 Å². The van der Waals surface area contributed by atoms with Crippen LogP contribution in [-0.2, 0) is 4.79 Å². The number of carbonyl (C=O) groups is 1. The number of piperidine rings is 1. The zero-order valence-corrected chi connectivity index (χ0v) is 12.4. The second-order valence-electron chi connectivity index (χ2n) is 5.29. The number of ether oxygens (including phenoxy) is 1. The highest BCUT2D eigenvalue weighted by molar-refractivity contribution is 5.97. The Labute approximate surface area is 120 Å². The third kappa shape index (κ3) is 3.48. The largest absolute Gasteiger partial charge is 0.478 e. The molecular weight excluding hydrogens is 254 g/mol. The van der Waals surface area contributed by atoms with Crippen molar-refractivity contribution in [3.05, 3.63) is 18.3 Å². The minimum absolute atomic E-state index is 0.0877. The Morgan fingerprint density at radius 2 is 2.30 bits per heavy atom. The average molecular weight is 277 g/mol. The number of carbonyl (C=O) groups excluding carboxylic acids is 1. The van der Waals surface area contributed by atoms with E-state index in [0.29, 0.717) is 18.5 Å². The van der Waals surface area contributed by atoms with Crippen LogP contribution in [0.4, 0.5) is 5.69 Å². The Balaban J connectivity index is 2.08. The fraction of sp³-hybridized carbons (Fsp3) is 0.600. The Bertz CT molecular complexity index is 445. The molecule has 2 heterocycles. The molecule has 1 saturated heterocycles. The van der Waals surface area contributed by atoms with Gasteiger partial charge in [0.2, 0.25) is 11.8 Å². The van der Waals surface area contributed by atoms with E-state index < -0.39 is 0 Å². The van der Waals surface area contributed by atoms with Gasteiger partial charge in [-0.2, -0.15) is 0 Å². The Kier molecular flexibility index (Phi) is 4.95. The van der Waals surface area contributed by atoms with E-state index in [9.17, 15) is 4.79 Å². The lowest BCUT2D eigenvalue weighted by molar-refractivity contribution is -0.121. The summed E-state index contributed by atoms with van der Waals surface area (Å²) >= 11 is 0. The van der Waals surface area contributed by atoms with Crippen molar-refractivity contribution in [3.8, 4) is 5.88 Å². The maximum atomic E-state index is 12.5. The van der Waals surface area contributed by atoms with Gasteiger partial charge in [-0.1, -0.05) is 13.8 Å². The molecule has 1 aliphatic heterocycles. The van der Waals surface area contributed by atoms with Crippen LogP contribution in [0, 0.1) is 0 Å². The van der Waals surface area contributed by atoms with Crippen LogP contribution in [0.15, 0.2) is 18.3 Å². The summed E-state index contributed by atoms with van der Waals surface area (Å²) < 4.78 is 5.32. The molecule has 0 spiro atoms. The number of pyridine rings is 1. The molecular formula is C15H23N3O2. The van der Waals surface area contributed by atoms with Crippen molar-refractivity contribution in [1.29, 1.82) is 0 Å². The molecule has 0 bridgehead atoms. The summed E-state index contributed by atoms with van der Waals surface area (Å²) in [6.45, 7) is 7.39. The minimum Gasteiger partial charge on any atom is -0.478 e. The van der Waals surface area contributed by atoms with Crippen molar-refractivity contribution < 1.29 is 9.53 Å². The number of aromatic nitrogens is 1. The minimum atomic E-state index is -0.0877. The molecule has 0 aromatic carbocycles. The second-order valence-corrected chi connectivity index (χ2v) is 5.29. The normalized spacial score (nSPS) is 19.5. The molecule has 1 atom stereocenters. The van der Waals surface area contributed by atoms with E-state index in [4.69, 9.17) is 4.74 Å². The molecule has 0 radical (unpaired) electrons. The highest BCUT2D eigenvalue weighted by Gasteiger charge is 2.29. The van der Waals surface area contributed by atoms with E-state index in [1.165, 1.54) is 0 Å². The first-order valence-electron chi connectivity index (χ1n) is 7.28. The summed E-state index contributed by atoms with van der Waals surface area (Å²) in [5.41, 5.74) is 0.841. The summed E-state index contributed by atoms with van der Waals surface area (Å²) in [7, 11) is 0. The predicted molar refractivity (Wildman–Crippen MR) is 79.1 cm³/mol. The van der Waals surface area contributed by atoms with Crippen LogP contribution >= 0.6 is 0 Å². The standard InChI is InChI=1S/C15H23N3O2/c1-4-20-14-8-7-12(10-16-14)18-9-5-6-13(15(18)19)17-11(2)3/h7-8,10-11,13,17H,4-6,9H2,1-3H3. The van der Waals surface area contributed by atoms with Crippen molar-refractivity contribution in [2.24, 2.45) is 0 Å². The topological polar surface area (TPSA) is 54.5 Å². The molecule has 1 fully saturated rings. The first kappa shape index (κ1) is 14.8. The third-order valence-electron chi connectivity index (χ3n) is 3.30. The monoisotopic (exact) mass is 277 g/mol. The van der Waals surface area contributed by atoms with Gasteiger partial charge in [0.05, 0.1) is 24.5 Å². The van der Waals surface area contributed by atoms with Gasteiger partial charge >= 0.3 is 0 Å². The van der Waals surface area contributed by atoms with Crippen LogP contribution in [0.5, 0.6) is 5.88 Å². The quantitative estimate of drug-likeness (QED) is 0.894. The number of amides is 1. The third-order valence-corrected chi connectivity index (χ3v) is 3.30. The zero-order valence-electron chi connectivity index (χ0n) is 12.4. The fourth-order valence-corrected chi connectivity index (χ4v) is 2.45. The molecule has 110 valence electrons. The summed E-state index contributed by atoms with van der Waals surface area (Å²) in [5, 5.41) is 3.33. The van der Waals surface area contributed by atoms with E-state index in [1.807, 2.05) is 24.0 Å². The van der Waals surface area contributed by atoms with Crippen molar-refractivity contribution in [1.82, 2.24) is 10.3 Å². The molecule has 5 nitrogen and oxygen atoms in total. The molecule has 1 N–H and O–H groups in total. The molecule has 1 aromatic rings. The van der Waals surface area contributed by atoms with Gasteiger partial charge in [-0.05, 0) is 25.8 Å². The Morgan fingerprint density at radius 1 is 1.50 bits per heavy atom. The molecule has 1 amide bonds. The molecule has 20 heavy (non-hydrogen) atoms. The Morgan fingerprint density at radius 3 is 2.90 bits per heavy atom. The van der Waals surface area contributed by atoms with E-state index in [2.05, 4.69) is 24.1 Å². The lowest BCUT2D eigenvalue weighted by Gasteiger charge is -2.33. The number of nitrogens with zero attached hydrogens (tertiary/aromatic N) is 2. The van der Waals surface area contributed by atoms with Crippen LogP contribution in [-0.4, -0.2) is 36.1 Å². The smallest absolute Gasteiger partial charge is 0.244 e. The lowest BCUT2D eigenvalue weighted by Crippen LogP contribution is -2.52. The first-order valence-corrected chi connectivity index (χ1v) is 7.28. The maximum Gasteiger partial charge on any atom is 0.244 e.